The number of phosphoric acid groups is 1. The summed E-state index contributed by atoms with van der Waals surface area (Å²) in [6.07, 6.45) is 79.5. The Morgan fingerprint density at radius 2 is 0.600 bits per heavy atom. The van der Waals surface area contributed by atoms with Crippen molar-refractivity contribution in [1.82, 2.24) is 5.32 Å². The Labute approximate surface area is 501 Å². The maximum absolute atomic E-state index is 13.1. The maximum atomic E-state index is 13.1. The summed E-state index contributed by atoms with van der Waals surface area (Å²) in [4.78, 5) is 23.4. The average molecular weight is 1150 g/mol. The zero-order chi connectivity index (χ0) is 58.4. The van der Waals surface area contributed by atoms with Gasteiger partial charge < -0.3 is 19.8 Å². The number of nitrogens with one attached hydrogen (secondary N) is 1. The highest BCUT2D eigenvalue weighted by molar-refractivity contribution is 7.47. The number of hydrogen-bond acceptors (Lipinski definition) is 5. The van der Waals surface area contributed by atoms with Crippen LogP contribution in [0.4, 0.5) is 0 Å². The minimum absolute atomic E-state index is 0.0793. The molecular formula is C71H146N2O6P+. The average Bonchev–Trinajstić information content (AvgIpc) is 3.42. The fourth-order valence-corrected chi connectivity index (χ4v) is 12.4. The highest BCUT2D eigenvalue weighted by Gasteiger charge is 2.28. The minimum Gasteiger partial charge on any atom is -0.391 e. The number of amides is 1. The van der Waals surface area contributed by atoms with Crippen molar-refractivity contribution in [3.8, 4) is 0 Å². The van der Waals surface area contributed by atoms with Gasteiger partial charge in [-0.3, -0.25) is 13.8 Å². The molecule has 0 aliphatic rings. The first-order valence-corrected chi connectivity index (χ1v) is 37.9. The van der Waals surface area contributed by atoms with Gasteiger partial charge in [-0.15, -0.1) is 0 Å². The van der Waals surface area contributed by atoms with E-state index in [0.29, 0.717) is 23.9 Å². The lowest BCUT2D eigenvalue weighted by Gasteiger charge is -2.26. The fraction of sp³-hybridized carbons (Fsp3) is 0.986. The first-order valence-electron chi connectivity index (χ1n) is 36.4. The van der Waals surface area contributed by atoms with Crippen molar-refractivity contribution in [3.05, 3.63) is 0 Å². The van der Waals surface area contributed by atoms with Crippen molar-refractivity contribution < 1.29 is 32.9 Å². The van der Waals surface area contributed by atoms with E-state index in [-0.39, 0.29) is 19.1 Å². The van der Waals surface area contributed by atoms with Crippen LogP contribution in [0.1, 0.15) is 399 Å². The highest BCUT2D eigenvalue weighted by atomic mass is 31.2. The standard InChI is InChI=1S/C71H145N2O6P/c1-6-8-10-12-14-16-18-20-22-24-25-26-27-28-29-30-31-32-33-34-35-36-37-38-39-40-41-42-43-44-45-46-47-49-51-53-55-57-59-61-63-65-71(75)72-69(68-79-80(76,77)78-67-66-73(3,4)5)70(74)64-62-60-58-56-54-52-50-48-23-21-19-17-15-13-11-9-7-2/h69-70,74H,6-68H2,1-5H3,(H-,72,75,76,77)/p+1. The lowest BCUT2D eigenvalue weighted by Crippen LogP contribution is -2.46. The third kappa shape index (κ3) is 65.1. The van der Waals surface area contributed by atoms with Crippen LogP contribution in [0.5, 0.6) is 0 Å². The first kappa shape index (κ1) is 79.5. The summed E-state index contributed by atoms with van der Waals surface area (Å²) in [5, 5.41) is 14.1. The van der Waals surface area contributed by atoms with Crippen LogP contribution in [-0.4, -0.2) is 73.4 Å². The number of unbranched alkanes of at least 4 members (excludes halogenated alkanes) is 56. The number of hydrogen-bond donors (Lipinski definition) is 3. The monoisotopic (exact) mass is 1150 g/mol. The van der Waals surface area contributed by atoms with Gasteiger partial charge in [0, 0.05) is 6.42 Å². The Morgan fingerprint density at radius 1 is 0.375 bits per heavy atom. The third-order valence-corrected chi connectivity index (χ3v) is 18.3. The van der Waals surface area contributed by atoms with Crippen LogP contribution in [0.3, 0.4) is 0 Å². The number of aliphatic hydroxyl groups excluding tert-OH is 1. The van der Waals surface area contributed by atoms with Gasteiger partial charge in [-0.2, -0.15) is 0 Å². The maximum Gasteiger partial charge on any atom is 0.472 e. The summed E-state index contributed by atoms with van der Waals surface area (Å²) in [5.41, 5.74) is 0. The molecule has 0 heterocycles. The normalized spacial score (nSPS) is 13.5. The molecule has 3 atom stereocenters. The van der Waals surface area contributed by atoms with Gasteiger partial charge in [0.1, 0.15) is 13.2 Å². The number of rotatable bonds is 69. The minimum atomic E-state index is -4.32. The molecule has 0 aromatic carbocycles. The van der Waals surface area contributed by atoms with Gasteiger partial charge in [-0.25, -0.2) is 4.57 Å². The number of carbonyl (C=O) groups excluding carboxylic acids is 1. The molecule has 0 spiro atoms. The summed E-state index contributed by atoms with van der Waals surface area (Å²) in [6.45, 7) is 4.96. The van der Waals surface area contributed by atoms with Crippen LogP contribution in [-0.2, 0) is 18.4 Å². The predicted octanol–water partition coefficient (Wildman–Crippen LogP) is 23.1. The lowest BCUT2D eigenvalue weighted by atomic mass is 10.0. The van der Waals surface area contributed by atoms with Gasteiger partial charge in [0.2, 0.25) is 5.91 Å². The van der Waals surface area contributed by atoms with Crippen LogP contribution in [0.25, 0.3) is 0 Å². The third-order valence-electron chi connectivity index (χ3n) is 17.4. The summed E-state index contributed by atoms with van der Waals surface area (Å²) in [5.74, 6) is -0.134. The molecule has 0 aromatic heterocycles. The van der Waals surface area contributed by atoms with Crippen molar-refractivity contribution in [3.63, 3.8) is 0 Å². The molecule has 3 N–H and O–H groups in total. The van der Waals surface area contributed by atoms with Crippen molar-refractivity contribution in [2.45, 2.75) is 411 Å². The number of nitrogens with zero attached hydrogens (tertiary/aromatic N) is 1. The summed E-state index contributed by atoms with van der Waals surface area (Å²) in [6, 6.07) is -0.756. The molecule has 0 bridgehead atoms. The van der Waals surface area contributed by atoms with E-state index in [4.69, 9.17) is 9.05 Å². The molecule has 480 valence electrons. The second-order valence-corrected chi connectivity index (χ2v) is 28.1. The summed E-state index contributed by atoms with van der Waals surface area (Å²) < 4.78 is 23.9. The van der Waals surface area contributed by atoms with Gasteiger partial charge in [0.25, 0.3) is 0 Å². The molecule has 0 radical (unpaired) electrons. The second-order valence-electron chi connectivity index (χ2n) is 26.7. The Kier molecular flexibility index (Phi) is 62.6. The lowest BCUT2D eigenvalue weighted by molar-refractivity contribution is -0.870. The molecule has 1 amide bonds. The Morgan fingerprint density at radius 3 is 0.838 bits per heavy atom. The molecule has 0 saturated heterocycles. The molecule has 9 heteroatoms. The summed E-state index contributed by atoms with van der Waals surface area (Å²) >= 11 is 0. The van der Waals surface area contributed by atoms with Crippen molar-refractivity contribution in [2.75, 3.05) is 40.9 Å². The topological polar surface area (TPSA) is 105 Å². The molecule has 0 rings (SSSR count). The molecule has 0 aliphatic carbocycles. The van der Waals surface area contributed by atoms with E-state index in [1.165, 1.54) is 334 Å². The zero-order valence-corrected chi connectivity index (χ0v) is 56.0. The number of phosphoric ester groups is 1. The zero-order valence-electron chi connectivity index (χ0n) is 55.1. The van der Waals surface area contributed by atoms with Gasteiger partial charge in [0.05, 0.1) is 39.9 Å². The van der Waals surface area contributed by atoms with Gasteiger partial charge in [-0.05, 0) is 12.8 Å². The van der Waals surface area contributed by atoms with E-state index in [0.717, 1.165) is 38.5 Å². The molecule has 8 nitrogen and oxygen atoms in total. The molecular weight excluding hydrogens is 1010 g/mol. The second kappa shape index (κ2) is 63.0. The fourth-order valence-electron chi connectivity index (χ4n) is 11.7. The molecule has 80 heavy (non-hydrogen) atoms. The SMILES string of the molecule is CCCCCCCCCCCCCCCCCCCCCCCCCCCCCCCCCCCCCCCCCCCC(=O)NC(COP(=O)(O)OCC[N+](C)(C)C)C(O)CCCCCCCCCCCCCCCCCCC. The Balaban J connectivity index is 3.80. The number of carbonyl (C=O) groups is 1. The number of likely N-dealkylation sites (N-methyl/N-ethyl adjacent to an activating group) is 1. The van der Waals surface area contributed by atoms with Crippen LogP contribution in [0.2, 0.25) is 0 Å². The van der Waals surface area contributed by atoms with Crippen molar-refractivity contribution in [2.24, 2.45) is 0 Å². The quantitative estimate of drug-likeness (QED) is 0.0318. The molecule has 0 saturated carbocycles. The van der Waals surface area contributed by atoms with Gasteiger partial charge >= 0.3 is 7.82 Å². The number of quaternary nitrogens is 1. The van der Waals surface area contributed by atoms with Gasteiger partial charge in [-0.1, -0.05) is 380 Å². The Hall–Kier alpha value is -0.500. The molecule has 3 unspecified atom stereocenters. The van der Waals surface area contributed by atoms with Crippen LogP contribution >= 0.6 is 7.82 Å². The van der Waals surface area contributed by atoms with Crippen molar-refractivity contribution >= 4 is 13.7 Å². The number of aliphatic hydroxyl groups is 1. The first-order chi connectivity index (χ1) is 39.0. The van der Waals surface area contributed by atoms with E-state index in [9.17, 15) is 19.4 Å². The van der Waals surface area contributed by atoms with Crippen LogP contribution in [0, 0.1) is 0 Å². The smallest absolute Gasteiger partial charge is 0.391 e. The van der Waals surface area contributed by atoms with E-state index in [1.54, 1.807) is 0 Å². The molecule has 0 aromatic rings. The van der Waals surface area contributed by atoms with Crippen LogP contribution < -0.4 is 5.32 Å². The van der Waals surface area contributed by atoms with E-state index in [1.807, 2.05) is 21.1 Å². The predicted molar refractivity (Wildman–Crippen MR) is 351 cm³/mol. The van der Waals surface area contributed by atoms with Gasteiger partial charge in [0.15, 0.2) is 0 Å². The molecule has 0 fully saturated rings. The largest absolute Gasteiger partial charge is 0.472 e. The van der Waals surface area contributed by atoms with E-state index >= 15 is 0 Å². The summed E-state index contributed by atoms with van der Waals surface area (Å²) in [7, 11) is 1.64. The van der Waals surface area contributed by atoms with E-state index in [2.05, 4.69) is 19.2 Å². The van der Waals surface area contributed by atoms with E-state index < -0.39 is 20.0 Å². The van der Waals surface area contributed by atoms with Crippen LogP contribution in [0.15, 0.2) is 0 Å². The Bertz CT molecular complexity index is 1260. The molecule has 0 aliphatic heterocycles. The highest BCUT2D eigenvalue weighted by Crippen LogP contribution is 2.43. The van der Waals surface area contributed by atoms with Crippen molar-refractivity contribution in [1.29, 1.82) is 0 Å².